The molecular formula is C16H29B2O10P. The van der Waals surface area contributed by atoms with Gasteiger partial charge in [-0.25, -0.2) is 4.57 Å². The van der Waals surface area contributed by atoms with E-state index in [1.807, 2.05) is 13.8 Å². The summed E-state index contributed by atoms with van der Waals surface area (Å²) in [6, 6.07) is -2.15. The van der Waals surface area contributed by atoms with Crippen molar-refractivity contribution in [2.75, 3.05) is 13.2 Å². The number of phosphoric ester groups is 1. The van der Waals surface area contributed by atoms with Crippen LogP contribution in [0.5, 0.6) is 0 Å². The second-order valence-corrected chi connectivity index (χ2v) is 9.13. The average molecular weight is 434 g/mol. The highest BCUT2D eigenvalue weighted by Gasteiger charge is 2.56. The summed E-state index contributed by atoms with van der Waals surface area (Å²) in [4.78, 5) is 10.1. The van der Waals surface area contributed by atoms with Gasteiger partial charge in [-0.2, -0.15) is 0 Å². The summed E-state index contributed by atoms with van der Waals surface area (Å²) in [6.45, 7) is 6.72. The molecule has 3 N–H and O–H groups in total. The van der Waals surface area contributed by atoms with E-state index in [1.54, 1.807) is 13.8 Å². The molecule has 0 saturated carbocycles. The van der Waals surface area contributed by atoms with E-state index in [0.717, 1.165) is 0 Å². The van der Waals surface area contributed by atoms with Crippen molar-refractivity contribution in [2.45, 2.75) is 88.5 Å². The van der Waals surface area contributed by atoms with Crippen molar-refractivity contribution in [3.8, 4) is 0 Å². The molecule has 0 aromatic rings. The van der Waals surface area contributed by atoms with E-state index in [-0.39, 0.29) is 25.4 Å². The number of hydrogen-bond donors (Lipinski definition) is 3. The Labute approximate surface area is 173 Å². The van der Waals surface area contributed by atoms with Gasteiger partial charge >= 0.3 is 7.82 Å². The Bertz CT molecular complexity index is 578. The van der Waals surface area contributed by atoms with Crippen LogP contribution in [-0.2, 0) is 32.6 Å². The fraction of sp³-hybridized carbons (Fsp3) is 1.00. The molecule has 4 radical (unpaired) electrons. The molecule has 7 unspecified atom stereocenters. The van der Waals surface area contributed by atoms with Gasteiger partial charge in [0, 0.05) is 6.00 Å². The van der Waals surface area contributed by atoms with Crippen LogP contribution in [0.3, 0.4) is 0 Å². The van der Waals surface area contributed by atoms with Crippen LogP contribution < -0.4 is 0 Å². The highest BCUT2D eigenvalue weighted by molar-refractivity contribution is 7.47. The van der Waals surface area contributed by atoms with Gasteiger partial charge in [0.25, 0.3) is 0 Å². The van der Waals surface area contributed by atoms with Crippen LogP contribution in [0.1, 0.15) is 34.1 Å². The summed E-state index contributed by atoms with van der Waals surface area (Å²) in [5.41, 5.74) is 0. The molecule has 13 heteroatoms. The fourth-order valence-corrected chi connectivity index (χ4v) is 4.06. The van der Waals surface area contributed by atoms with Gasteiger partial charge in [-0.05, 0) is 34.1 Å². The minimum Gasteiger partial charge on any atom is -0.380 e. The fourth-order valence-electron chi connectivity index (χ4n) is 3.08. The van der Waals surface area contributed by atoms with E-state index in [4.69, 9.17) is 43.7 Å². The van der Waals surface area contributed by atoms with Crippen molar-refractivity contribution < 1.29 is 47.7 Å². The standard InChI is InChI=1S/C16H29B2O10P/c1-8(2)23-6-12-14(16(19,20)15(18)27-12)28-29(21,22)24-7-11-10(25-9(3)4)5-13(17)26-11/h8-15,19-20H,5-7H2,1-4H3,(H,21,22). The van der Waals surface area contributed by atoms with Crippen LogP contribution in [-0.4, -0.2) is 98.4 Å². The normalized spacial score (nSPS) is 36.7. The first kappa shape index (κ1) is 25.3. The Morgan fingerprint density at radius 1 is 1.10 bits per heavy atom. The Morgan fingerprint density at radius 2 is 1.76 bits per heavy atom. The Hall–Kier alpha value is -0.000130. The topological polar surface area (TPSA) is 133 Å². The van der Waals surface area contributed by atoms with Gasteiger partial charge in [0.15, 0.2) is 6.10 Å². The second kappa shape index (κ2) is 10.1. The Balaban J connectivity index is 1.99. The number of phosphoric acid groups is 1. The molecule has 2 heterocycles. The number of ether oxygens (including phenoxy) is 4. The van der Waals surface area contributed by atoms with Crippen LogP contribution in [0, 0.1) is 0 Å². The van der Waals surface area contributed by atoms with Crippen molar-refractivity contribution >= 4 is 23.5 Å². The summed E-state index contributed by atoms with van der Waals surface area (Å²) >= 11 is 0. The predicted molar refractivity (Wildman–Crippen MR) is 102 cm³/mol. The molecular weight excluding hydrogens is 405 g/mol. The molecule has 2 aliphatic heterocycles. The molecule has 2 rings (SSSR count). The van der Waals surface area contributed by atoms with Crippen LogP contribution in [0.4, 0.5) is 0 Å². The van der Waals surface area contributed by atoms with Gasteiger partial charge in [-0.15, -0.1) is 0 Å². The Kier molecular flexibility index (Phi) is 8.78. The van der Waals surface area contributed by atoms with Gasteiger partial charge in [0.05, 0.1) is 37.5 Å². The number of hydrogen-bond acceptors (Lipinski definition) is 9. The molecule has 2 saturated heterocycles. The van der Waals surface area contributed by atoms with Crippen LogP contribution in [0.25, 0.3) is 0 Å². The molecule has 2 aliphatic rings. The maximum absolute atomic E-state index is 12.4. The predicted octanol–water partition coefficient (Wildman–Crippen LogP) is -0.435. The third kappa shape index (κ3) is 7.00. The summed E-state index contributed by atoms with van der Waals surface area (Å²) < 4.78 is 44.2. The Morgan fingerprint density at radius 3 is 2.34 bits per heavy atom. The lowest BCUT2D eigenvalue weighted by Crippen LogP contribution is -2.50. The summed E-state index contributed by atoms with van der Waals surface area (Å²) in [7, 11) is 6.56. The molecule has 7 atom stereocenters. The van der Waals surface area contributed by atoms with E-state index < -0.39 is 50.0 Å². The SMILES string of the molecule is [B]C1CC(OC(C)C)C(COP(=O)(O)OC2C(COC(C)C)OC([B])C2(O)O)O1. The number of aliphatic hydroxyl groups is 2. The minimum absolute atomic E-state index is 0.100. The molecule has 10 nitrogen and oxygen atoms in total. The van der Waals surface area contributed by atoms with Gasteiger partial charge in [-0.3, -0.25) is 9.05 Å². The monoisotopic (exact) mass is 434 g/mol. The highest BCUT2D eigenvalue weighted by atomic mass is 31.2. The summed E-state index contributed by atoms with van der Waals surface area (Å²) in [6.07, 6.45) is -3.78. The first-order valence-corrected chi connectivity index (χ1v) is 11.0. The lowest BCUT2D eigenvalue weighted by Gasteiger charge is -2.29. The zero-order valence-electron chi connectivity index (χ0n) is 17.0. The zero-order chi connectivity index (χ0) is 22.0. The molecule has 29 heavy (non-hydrogen) atoms. The van der Waals surface area contributed by atoms with Gasteiger partial charge < -0.3 is 34.1 Å². The number of rotatable bonds is 10. The van der Waals surface area contributed by atoms with Gasteiger partial charge in [0.1, 0.15) is 27.9 Å². The molecule has 164 valence electrons. The summed E-state index contributed by atoms with van der Waals surface area (Å²) in [5.74, 6) is -2.72. The van der Waals surface area contributed by atoms with Gasteiger partial charge in [0.2, 0.25) is 5.79 Å². The second-order valence-electron chi connectivity index (χ2n) is 7.72. The third-order valence-corrected chi connectivity index (χ3v) is 5.38. The summed E-state index contributed by atoms with van der Waals surface area (Å²) in [5, 5.41) is 20.3. The van der Waals surface area contributed by atoms with E-state index in [2.05, 4.69) is 0 Å². The van der Waals surface area contributed by atoms with Gasteiger partial charge in [-0.1, -0.05) is 0 Å². The molecule has 0 amide bonds. The van der Waals surface area contributed by atoms with Crippen molar-refractivity contribution in [3.63, 3.8) is 0 Å². The first-order chi connectivity index (χ1) is 13.3. The van der Waals surface area contributed by atoms with Crippen molar-refractivity contribution in [2.24, 2.45) is 0 Å². The minimum atomic E-state index is -4.75. The molecule has 0 spiro atoms. The van der Waals surface area contributed by atoms with E-state index in [9.17, 15) is 19.7 Å². The third-order valence-electron chi connectivity index (χ3n) is 4.41. The zero-order valence-corrected chi connectivity index (χ0v) is 17.9. The van der Waals surface area contributed by atoms with Crippen molar-refractivity contribution in [1.29, 1.82) is 0 Å². The maximum Gasteiger partial charge on any atom is 0.472 e. The quantitative estimate of drug-likeness (QED) is 0.236. The average Bonchev–Trinajstić information content (AvgIpc) is 3.02. The maximum atomic E-state index is 12.4. The molecule has 0 aromatic heterocycles. The molecule has 0 bridgehead atoms. The van der Waals surface area contributed by atoms with E-state index >= 15 is 0 Å². The highest BCUT2D eigenvalue weighted by Crippen LogP contribution is 2.49. The lowest BCUT2D eigenvalue weighted by molar-refractivity contribution is -0.211. The largest absolute Gasteiger partial charge is 0.472 e. The molecule has 0 aliphatic carbocycles. The first-order valence-electron chi connectivity index (χ1n) is 9.51. The molecule has 2 fully saturated rings. The van der Waals surface area contributed by atoms with Crippen molar-refractivity contribution in [3.05, 3.63) is 0 Å². The van der Waals surface area contributed by atoms with Crippen LogP contribution >= 0.6 is 7.82 Å². The van der Waals surface area contributed by atoms with Crippen LogP contribution in [0.15, 0.2) is 0 Å². The van der Waals surface area contributed by atoms with E-state index in [0.29, 0.717) is 6.42 Å². The smallest absolute Gasteiger partial charge is 0.380 e. The lowest BCUT2D eigenvalue weighted by atomic mass is 9.90. The molecule has 0 aromatic carbocycles. The van der Waals surface area contributed by atoms with Crippen LogP contribution in [0.2, 0.25) is 0 Å². The van der Waals surface area contributed by atoms with E-state index in [1.165, 1.54) is 0 Å². The van der Waals surface area contributed by atoms with Crippen molar-refractivity contribution in [1.82, 2.24) is 0 Å².